The molecule has 9 nitrogen and oxygen atoms in total. The third-order valence-corrected chi connectivity index (χ3v) is 8.33. The molecule has 168 valence electrons. The highest BCUT2D eigenvalue weighted by Gasteiger charge is 2.37. The molecule has 0 aromatic carbocycles. The molecule has 2 aliphatic rings. The number of morpholine rings is 1. The van der Waals surface area contributed by atoms with Crippen molar-refractivity contribution in [1.29, 1.82) is 0 Å². The van der Waals surface area contributed by atoms with Gasteiger partial charge in [-0.25, -0.2) is 4.98 Å². The zero-order chi connectivity index (χ0) is 22.0. The van der Waals surface area contributed by atoms with Gasteiger partial charge in [-0.2, -0.15) is 17.0 Å². The molecule has 0 radical (unpaired) electrons. The molecule has 0 saturated carbocycles. The Morgan fingerprint density at radius 2 is 1.87 bits per heavy atom. The highest BCUT2D eigenvalue weighted by Crippen LogP contribution is 2.23. The van der Waals surface area contributed by atoms with Crippen LogP contribution in [0, 0.1) is 0 Å². The molecule has 2 unspecified atom stereocenters. The summed E-state index contributed by atoms with van der Waals surface area (Å²) in [5, 5.41) is 2.72. The number of nitrogens with zero attached hydrogens (tertiary/aromatic N) is 5. The molecule has 31 heavy (non-hydrogen) atoms. The Labute approximate surface area is 186 Å². The number of hydrogen-bond donors (Lipinski definition) is 0. The average Bonchev–Trinajstić information content (AvgIpc) is 3.22. The fourth-order valence-electron chi connectivity index (χ4n) is 3.93. The Morgan fingerprint density at radius 1 is 1.16 bits per heavy atom. The second-order valence-electron chi connectivity index (χ2n) is 7.92. The maximum atomic E-state index is 13.0. The maximum absolute atomic E-state index is 13.0. The lowest BCUT2D eigenvalue weighted by Gasteiger charge is -2.40. The smallest absolute Gasteiger partial charge is 0.282 e. The van der Waals surface area contributed by atoms with Crippen LogP contribution in [0.15, 0.2) is 29.9 Å². The Balaban J connectivity index is 1.32. The van der Waals surface area contributed by atoms with Gasteiger partial charge in [0.25, 0.3) is 10.2 Å². The van der Waals surface area contributed by atoms with Crippen molar-refractivity contribution in [2.45, 2.75) is 32.5 Å². The number of piperazine rings is 1. The molecule has 0 spiro atoms. The van der Waals surface area contributed by atoms with E-state index in [-0.39, 0.29) is 24.5 Å². The zero-order valence-electron chi connectivity index (χ0n) is 17.7. The lowest BCUT2D eigenvalue weighted by molar-refractivity contribution is -0.131. The van der Waals surface area contributed by atoms with Crippen LogP contribution >= 0.6 is 11.3 Å². The minimum Gasteiger partial charge on any atom is -0.373 e. The SMILES string of the molecule is CC1CN(S(=O)(=O)N2CCN(C(=O)Cc3csc(-c4cccnc4)n3)CC2)CC(C)O1. The van der Waals surface area contributed by atoms with Crippen LogP contribution in [0.4, 0.5) is 0 Å². The molecule has 4 rings (SSSR count). The van der Waals surface area contributed by atoms with E-state index in [9.17, 15) is 13.2 Å². The third kappa shape index (κ3) is 5.12. The molecule has 0 bridgehead atoms. The van der Waals surface area contributed by atoms with Gasteiger partial charge >= 0.3 is 0 Å². The van der Waals surface area contributed by atoms with Crippen molar-refractivity contribution in [2.75, 3.05) is 39.3 Å². The normalized spacial score (nSPS) is 23.7. The zero-order valence-corrected chi connectivity index (χ0v) is 19.3. The first-order chi connectivity index (χ1) is 14.8. The van der Waals surface area contributed by atoms with Gasteiger partial charge in [0.15, 0.2) is 0 Å². The summed E-state index contributed by atoms with van der Waals surface area (Å²) in [6.07, 6.45) is 3.41. The van der Waals surface area contributed by atoms with E-state index >= 15 is 0 Å². The van der Waals surface area contributed by atoms with Crippen LogP contribution in [0.3, 0.4) is 0 Å². The van der Waals surface area contributed by atoms with Gasteiger partial charge < -0.3 is 9.64 Å². The number of aromatic nitrogens is 2. The molecule has 1 amide bonds. The molecule has 0 N–H and O–H groups in total. The van der Waals surface area contributed by atoms with Gasteiger partial charge in [-0.05, 0) is 26.0 Å². The van der Waals surface area contributed by atoms with Crippen LogP contribution < -0.4 is 0 Å². The standard InChI is InChI=1S/C20H27N5O4S2/c1-15-12-25(13-16(2)29-15)31(27,28)24-8-6-23(7-9-24)19(26)10-18-14-30-20(22-18)17-4-3-5-21-11-17/h3-5,11,14-16H,6-10,12-13H2,1-2H3. The van der Waals surface area contributed by atoms with E-state index in [0.717, 1.165) is 16.3 Å². The average molecular weight is 466 g/mol. The van der Waals surface area contributed by atoms with E-state index in [4.69, 9.17) is 4.74 Å². The first-order valence-corrected chi connectivity index (χ1v) is 12.6. The molecule has 2 saturated heterocycles. The van der Waals surface area contributed by atoms with Crippen LogP contribution in [0.1, 0.15) is 19.5 Å². The molecule has 4 heterocycles. The quantitative estimate of drug-likeness (QED) is 0.659. The van der Waals surface area contributed by atoms with Gasteiger partial charge in [-0.1, -0.05) is 0 Å². The summed E-state index contributed by atoms with van der Waals surface area (Å²) in [6.45, 7) is 5.84. The number of thiazole rings is 1. The number of rotatable bonds is 5. The molecule has 2 fully saturated rings. The van der Waals surface area contributed by atoms with Gasteiger partial charge in [-0.15, -0.1) is 11.3 Å². The molecule has 2 aromatic rings. The first kappa shape index (κ1) is 22.3. The van der Waals surface area contributed by atoms with E-state index in [1.165, 1.54) is 19.9 Å². The summed E-state index contributed by atoms with van der Waals surface area (Å²) in [7, 11) is -3.55. The van der Waals surface area contributed by atoms with Crippen LogP contribution in [0.25, 0.3) is 10.6 Å². The first-order valence-electron chi connectivity index (χ1n) is 10.4. The minimum atomic E-state index is -3.55. The van der Waals surface area contributed by atoms with Crippen molar-refractivity contribution in [3.8, 4) is 10.6 Å². The van der Waals surface area contributed by atoms with Crippen LogP contribution in [0.2, 0.25) is 0 Å². The Kier molecular flexibility index (Phi) is 6.68. The fourth-order valence-corrected chi connectivity index (χ4v) is 6.49. The predicted octanol–water partition coefficient (Wildman–Crippen LogP) is 1.25. The maximum Gasteiger partial charge on any atom is 0.282 e. The van der Waals surface area contributed by atoms with Gasteiger partial charge in [-0.3, -0.25) is 9.78 Å². The summed E-state index contributed by atoms with van der Waals surface area (Å²) in [6, 6.07) is 3.79. The van der Waals surface area contributed by atoms with Crippen molar-refractivity contribution in [3.05, 3.63) is 35.6 Å². The largest absolute Gasteiger partial charge is 0.373 e. The van der Waals surface area contributed by atoms with Crippen LogP contribution in [-0.4, -0.2) is 89.3 Å². The van der Waals surface area contributed by atoms with E-state index in [1.807, 2.05) is 31.4 Å². The van der Waals surface area contributed by atoms with Crippen LogP contribution in [0.5, 0.6) is 0 Å². The van der Waals surface area contributed by atoms with Gasteiger partial charge in [0, 0.05) is 62.6 Å². The molecular weight excluding hydrogens is 438 g/mol. The molecule has 0 aliphatic carbocycles. The second kappa shape index (κ2) is 9.29. The van der Waals surface area contributed by atoms with E-state index in [2.05, 4.69) is 9.97 Å². The van der Waals surface area contributed by atoms with Gasteiger partial charge in [0.1, 0.15) is 5.01 Å². The molecule has 2 aromatic heterocycles. The summed E-state index contributed by atoms with van der Waals surface area (Å²) in [5.41, 5.74) is 1.65. The fraction of sp³-hybridized carbons (Fsp3) is 0.550. The second-order valence-corrected chi connectivity index (χ2v) is 10.7. The Morgan fingerprint density at radius 3 is 2.52 bits per heavy atom. The molecular formula is C20H27N5O4S2. The number of pyridine rings is 1. The molecule has 2 aliphatic heterocycles. The van der Waals surface area contributed by atoms with Gasteiger partial charge in [0.2, 0.25) is 5.91 Å². The highest BCUT2D eigenvalue weighted by molar-refractivity contribution is 7.86. The summed E-state index contributed by atoms with van der Waals surface area (Å²) in [5.74, 6) is -0.0336. The van der Waals surface area contributed by atoms with E-state index in [0.29, 0.717) is 39.3 Å². The number of amides is 1. The number of carbonyl (C=O) groups excluding carboxylic acids is 1. The molecule has 11 heteroatoms. The van der Waals surface area contributed by atoms with E-state index < -0.39 is 10.2 Å². The van der Waals surface area contributed by atoms with Gasteiger partial charge in [0.05, 0.1) is 24.3 Å². The summed E-state index contributed by atoms with van der Waals surface area (Å²) in [4.78, 5) is 23.1. The Bertz CT molecular complexity index is 996. The van der Waals surface area contributed by atoms with Crippen molar-refractivity contribution >= 4 is 27.5 Å². The predicted molar refractivity (Wildman–Crippen MR) is 118 cm³/mol. The Hall–Kier alpha value is -1.92. The lowest BCUT2D eigenvalue weighted by atomic mass is 10.2. The number of hydrogen-bond acceptors (Lipinski definition) is 7. The monoisotopic (exact) mass is 465 g/mol. The van der Waals surface area contributed by atoms with Crippen LogP contribution in [-0.2, 0) is 26.2 Å². The van der Waals surface area contributed by atoms with Crippen molar-refractivity contribution < 1.29 is 17.9 Å². The van der Waals surface area contributed by atoms with E-state index in [1.54, 1.807) is 17.3 Å². The highest BCUT2D eigenvalue weighted by atomic mass is 32.2. The van der Waals surface area contributed by atoms with Crippen molar-refractivity contribution in [3.63, 3.8) is 0 Å². The lowest BCUT2D eigenvalue weighted by Crippen LogP contribution is -2.57. The summed E-state index contributed by atoms with van der Waals surface area (Å²) >= 11 is 1.49. The summed E-state index contributed by atoms with van der Waals surface area (Å²) < 4.78 is 34.7. The minimum absolute atomic E-state index is 0.0336. The third-order valence-electron chi connectivity index (χ3n) is 5.42. The van der Waals surface area contributed by atoms with Crippen molar-refractivity contribution in [1.82, 2.24) is 23.5 Å². The number of ether oxygens (including phenoxy) is 1. The molecule has 2 atom stereocenters. The van der Waals surface area contributed by atoms with Crippen molar-refractivity contribution in [2.24, 2.45) is 0 Å². The topological polar surface area (TPSA) is 95.9 Å². The number of carbonyl (C=O) groups is 1.